The smallest absolute Gasteiger partial charge is 0.266 e. The summed E-state index contributed by atoms with van der Waals surface area (Å²) in [5, 5.41) is 0.120. The van der Waals surface area contributed by atoms with Gasteiger partial charge in [0, 0.05) is 5.69 Å². The molecule has 2 aromatic rings. The molecule has 106 valence electrons. The molecule has 0 bridgehead atoms. The summed E-state index contributed by atoms with van der Waals surface area (Å²) >= 11 is 5.66. The zero-order chi connectivity index (χ0) is 14.9. The average molecular weight is 316 g/mol. The fourth-order valence-corrected chi connectivity index (χ4v) is 2.97. The number of anilines is 2. The van der Waals surface area contributed by atoms with Crippen molar-refractivity contribution in [1.82, 2.24) is 4.98 Å². The van der Waals surface area contributed by atoms with Crippen LogP contribution in [0.15, 0.2) is 35.2 Å². The molecule has 0 saturated heterocycles. The van der Waals surface area contributed by atoms with Gasteiger partial charge >= 0.3 is 0 Å². The van der Waals surface area contributed by atoms with Crippen molar-refractivity contribution < 1.29 is 12.8 Å². The van der Waals surface area contributed by atoms with Crippen LogP contribution in [0.2, 0.25) is 5.15 Å². The maximum Gasteiger partial charge on any atom is 0.266 e. The van der Waals surface area contributed by atoms with Gasteiger partial charge < -0.3 is 5.73 Å². The van der Waals surface area contributed by atoms with Gasteiger partial charge in [0.15, 0.2) is 0 Å². The molecule has 0 unspecified atom stereocenters. The number of hydrogen-bond acceptors (Lipinski definition) is 4. The van der Waals surface area contributed by atoms with Crippen molar-refractivity contribution in [2.24, 2.45) is 0 Å². The third-order valence-electron chi connectivity index (χ3n) is 2.49. The zero-order valence-corrected chi connectivity index (χ0v) is 12.0. The van der Waals surface area contributed by atoms with Crippen molar-refractivity contribution in [2.45, 2.75) is 11.8 Å². The Hall–Kier alpha value is -1.86. The minimum atomic E-state index is -4.13. The number of aromatic nitrogens is 1. The van der Waals surface area contributed by atoms with Crippen molar-refractivity contribution in [3.05, 3.63) is 46.9 Å². The number of rotatable bonds is 3. The molecule has 20 heavy (non-hydrogen) atoms. The van der Waals surface area contributed by atoms with Crippen molar-refractivity contribution >= 4 is 33.1 Å². The molecule has 1 aromatic carbocycles. The number of nitrogens with zero attached hydrogens (tertiary/aromatic N) is 1. The van der Waals surface area contributed by atoms with E-state index in [-0.39, 0.29) is 22.2 Å². The third kappa shape index (κ3) is 3.00. The number of sulfonamides is 1. The minimum absolute atomic E-state index is 0.00280. The lowest BCUT2D eigenvalue weighted by molar-refractivity contribution is 0.565. The highest BCUT2D eigenvalue weighted by Gasteiger charge is 2.21. The van der Waals surface area contributed by atoms with Gasteiger partial charge in [0.1, 0.15) is 21.7 Å². The number of aryl methyl sites for hydroxylation is 1. The minimum Gasteiger partial charge on any atom is -0.399 e. The Bertz CT molecular complexity index is 765. The maximum atomic E-state index is 13.9. The van der Waals surface area contributed by atoms with Crippen LogP contribution in [0.5, 0.6) is 0 Å². The van der Waals surface area contributed by atoms with Crippen LogP contribution in [0.3, 0.4) is 0 Å². The summed E-state index contributed by atoms with van der Waals surface area (Å²) in [4.78, 5) is 3.25. The van der Waals surface area contributed by atoms with Gasteiger partial charge in [-0.1, -0.05) is 17.7 Å². The molecule has 0 saturated carbocycles. The van der Waals surface area contributed by atoms with E-state index in [9.17, 15) is 12.8 Å². The predicted octanol–water partition coefficient (Wildman–Crippen LogP) is 2.57. The van der Waals surface area contributed by atoms with Crippen molar-refractivity contribution in [2.75, 3.05) is 10.5 Å². The Labute approximate surface area is 120 Å². The molecule has 0 aliphatic carbocycles. The van der Waals surface area contributed by atoms with Crippen molar-refractivity contribution in [3.8, 4) is 0 Å². The van der Waals surface area contributed by atoms with Gasteiger partial charge in [-0.2, -0.15) is 0 Å². The van der Waals surface area contributed by atoms with Gasteiger partial charge in [-0.3, -0.25) is 4.72 Å². The van der Waals surface area contributed by atoms with Crippen LogP contribution in [0.4, 0.5) is 15.9 Å². The molecule has 0 aliphatic rings. The monoisotopic (exact) mass is 315 g/mol. The Morgan fingerprint density at radius 2 is 2.05 bits per heavy atom. The molecule has 0 radical (unpaired) electrons. The number of nitrogen functional groups attached to an aromatic ring is 1. The zero-order valence-electron chi connectivity index (χ0n) is 10.4. The second kappa shape index (κ2) is 5.26. The molecular formula is C12H11ClFN3O2S. The van der Waals surface area contributed by atoms with Crippen LogP contribution in [-0.4, -0.2) is 13.4 Å². The summed E-state index contributed by atoms with van der Waals surface area (Å²) in [5.41, 5.74) is 5.85. The van der Waals surface area contributed by atoms with E-state index in [0.717, 1.165) is 6.07 Å². The third-order valence-corrected chi connectivity index (χ3v) is 4.05. The molecule has 0 spiro atoms. The first-order chi connectivity index (χ1) is 9.29. The van der Waals surface area contributed by atoms with Crippen LogP contribution in [0, 0.1) is 12.7 Å². The van der Waals surface area contributed by atoms with Crippen LogP contribution in [0.1, 0.15) is 5.56 Å². The van der Waals surface area contributed by atoms with Crippen LogP contribution >= 0.6 is 11.6 Å². The first-order valence-electron chi connectivity index (χ1n) is 5.50. The highest BCUT2D eigenvalue weighted by Crippen LogP contribution is 2.23. The molecule has 0 fully saturated rings. The van der Waals surface area contributed by atoms with Gasteiger partial charge in [0.05, 0.1) is 0 Å². The Balaban J connectivity index is 2.46. The quantitative estimate of drug-likeness (QED) is 0.673. The number of halogens is 2. The van der Waals surface area contributed by atoms with Crippen LogP contribution in [0.25, 0.3) is 0 Å². The number of pyridine rings is 1. The normalized spacial score (nSPS) is 11.3. The number of hydrogen-bond donors (Lipinski definition) is 2. The molecule has 3 N–H and O–H groups in total. The molecular weight excluding hydrogens is 305 g/mol. The second-order valence-electron chi connectivity index (χ2n) is 4.10. The van der Waals surface area contributed by atoms with E-state index < -0.39 is 20.7 Å². The first kappa shape index (κ1) is 14.5. The lowest BCUT2D eigenvalue weighted by Gasteiger charge is -2.10. The fourth-order valence-electron chi connectivity index (χ4n) is 1.62. The topological polar surface area (TPSA) is 85.1 Å². The van der Waals surface area contributed by atoms with E-state index in [1.54, 1.807) is 0 Å². The van der Waals surface area contributed by atoms with E-state index in [2.05, 4.69) is 9.71 Å². The van der Waals surface area contributed by atoms with E-state index in [1.165, 1.54) is 31.2 Å². The predicted molar refractivity (Wildman–Crippen MR) is 75.6 cm³/mol. The second-order valence-corrected chi connectivity index (χ2v) is 6.14. The van der Waals surface area contributed by atoms with E-state index >= 15 is 0 Å². The number of nitrogens with two attached hydrogens (primary N) is 1. The largest absolute Gasteiger partial charge is 0.399 e. The molecule has 1 heterocycles. The standard InChI is InChI=1S/C12H11ClFN3O2S/c1-7-5-8(15)6-9(12(7)14)20(18,19)17-11-4-2-3-10(13)16-11/h2-6H,15H2,1H3,(H,16,17). The molecule has 8 heteroatoms. The molecule has 0 atom stereocenters. The average Bonchev–Trinajstić information content (AvgIpc) is 2.33. The van der Waals surface area contributed by atoms with Gasteiger partial charge in [0.25, 0.3) is 10.0 Å². The number of benzene rings is 1. The molecule has 0 amide bonds. The molecule has 1 aromatic heterocycles. The SMILES string of the molecule is Cc1cc(N)cc(S(=O)(=O)Nc2cccc(Cl)n2)c1F. The van der Waals surface area contributed by atoms with Gasteiger partial charge in [-0.15, -0.1) is 0 Å². The summed E-state index contributed by atoms with van der Waals surface area (Å²) in [6, 6.07) is 6.82. The van der Waals surface area contributed by atoms with Crippen molar-refractivity contribution in [3.63, 3.8) is 0 Å². The highest BCUT2D eigenvalue weighted by molar-refractivity contribution is 7.92. The Morgan fingerprint density at radius 3 is 2.70 bits per heavy atom. The van der Waals surface area contributed by atoms with E-state index in [4.69, 9.17) is 17.3 Å². The summed E-state index contributed by atoms with van der Waals surface area (Å²) in [7, 11) is -4.13. The van der Waals surface area contributed by atoms with Gasteiger partial charge in [-0.25, -0.2) is 17.8 Å². The van der Waals surface area contributed by atoms with Gasteiger partial charge in [0.2, 0.25) is 0 Å². The summed E-state index contributed by atoms with van der Waals surface area (Å²) < 4.78 is 40.4. The lowest BCUT2D eigenvalue weighted by atomic mass is 10.2. The van der Waals surface area contributed by atoms with Crippen LogP contribution < -0.4 is 10.5 Å². The Morgan fingerprint density at radius 1 is 1.35 bits per heavy atom. The number of nitrogens with one attached hydrogen (secondary N) is 1. The van der Waals surface area contributed by atoms with E-state index in [0.29, 0.717) is 0 Å². The summed E-state index contributed by atoms with van der Waals surface area (Å²) in [6.45, 7) is 1.43. The molecule has 0 aliphatic heterocycles. The fraction of sp³-hybridized carbons (Fsp3) is 0.0833. The first-order valence-corrected chi connectivity index (χ1v) is 7.37. The molecule has 5 nitrogen and oxygen atoms in total. The van der Waals surface area contributed by atoms with E-state index in [1.807, 2.05) is 0 Å². The lowest BCUT2D eigenvalue weighted by Crippen LogP contribution is -2.16. The Kier molecular flexibility index (Phi) is 3.82. The summed E-state index contributed by atoms with van der Waals surface area (Å²) in [6.07, 6.45) is 0. The van der Waals surface area contributed by atoms with Crippen LogP contribution in [-0.2, 0) is 10.0 Å². The maximum absolute atomic E-state index is 13.9. The van der Waals surface area contributed by atoms with Gasteiger partial charge in [-0.05, 0) is 36.8 Å². The van der Waals surface area contributed by atoms with Crippen molar-refractivity contribution in [1.29, 1.82) is 0 Å². The summed E-state index contributed by atoms with van der Waals surface area (Å²) in [5.74, 6) is -0.856. The highest BCUT2D eigenvalue weighted by atomic mass is 35.5. The molecule has 2 rings (SSSR count).